The zero-order chi connectivity index (χ0) is 15.2. The fourth-order valence-corrected chi connectivity index (χ4v) is 1.62. The molecule has 0 aromatic heterocycles. The van der Waals surface area contributed by atoms with Gasteiger partial charge in [-0.1, -0.05) is 23.4 Å². The number of hydrogen-bond acceptors (Lipinski definition) is 5. The Bertz CT molecular complexity index is 677. The van der Waals surface area contributed by atoms with Crippen molar-refractivity contribution in [3.8, 4) is 11.5 Å². The van der Waals surface area contributed by atoms with Crippen LogP contribution in [0.15, 0.2) is 59.8 Å². The number of Topliss-reactive ketones (excluding diaryl/α,β-unsaturated/α-hetero) is 1. The number of carboxylic acid groups (broad SMARTS) is 1. The van der Waals surface area contributed by atoms with Gasteiger partial charge in [0.25, 0.3) is 0 Å². The minimum atomic E-state index is -1.59. The van der Waals surface area contributed by atoms with Crippen molar-refractivity contribution >= 4 is 17.5 Å². The molecule has 0 bridgehead atoms. The molecule has 2 aromatic rings. The van der Waals surface area contributed by atoms with Crippen LogP contribution in [0.3, 0.4) is 0 Å². The molecular formula is C15H11NO5. The van der Waals surface area contributed by atoms with Crippen LogP contribution in [0.4, 0.5) is 0 Å². The molecule has 0 aliphatic heterocycles. The maximum absolute atomic E-state index is 11.8. The summed E-state index contributed by atoms with van der Waals surface area (Å²) in [4.78, 5) is 22.5. The maximum Gasteiger partial charge on any atom is 0.362 e. The van der Waals surface area contributed by atoms with Crippen LogP contribution in [0.2, 0.25) is 0 Å². The zero-order valence-corrected chi connectivity index (χ0v) is 10.8. The molecule has 0 aliphatic rings. The summed E-state index contributed by atoms with van der Waals surface area (Å²) >= 11 is 0. The second kappa shape index (κ2) is 6.33. The summed E-state index contributed by atoms with van der Waals surface area (Å²) in [6.45, 7) is 0. The number of aliphatic carboxylic acids is 1. The normalized spacial score (nSPS) is 11.0. The summed E-state index contributed by atoms with van der Waals surface area (Å²) in [5.41, 5.74) is -0.850. The lowest BCUT2D eigenvalue weighted by Crippen LogP contribution is -2.23. The van der Waals surface area contributed by atoms with E-state index in [1.54, 1.807) is 12.1 Å². The molecule has 0 amide bonds. The number of hydrogen-bond donors (Lipinski definition) is 2. The molecule has 6 heteroatoms. The molecule has 6 nitrogen and oxygen atoms in total. The first-order valence-corrected chi connectivity index (χ1v) is 5.95. The van der Waals surface area contributed by atoms with E-state index in [1.165, 1.54) is 24.3 Å². The van der Waals surface area contributed by atoms with E-state index in [4.69, 9.17) is 15.1 Å². The molecule has 0 radical (unpaired) electrons. The predicted octanol–water partition coefficient (Wildman–Crippen LogP) is 2.58. The van der Waals surface area contributed by atoms with Gasteiger partial charge in [-0.3, -0.25) is 4.79 Å². The standard InChI is InChI=1S/C15H11NO5/c17-14(13(16-20)15(18)19)10-6-8-12(9-7-10)21-11-4-2-1-3-5-11/h1-9,20H,(H,18,19)/b16-13-. The average molecular weight is 285 g/mol. The van der Waals surface area contributed by atoms with Crippen LogP contribution in [-0.2, 0) is 4.79 Å². The lowest BCUT2D eigenvalue weighted by Gasteiger charge is -2.06. The number of carbonyl (C=O) groups excluding carboxylic acids is 1. The lowest BCUT2D eigenvalue weighted by atomic mass is 10.1. The van der Waals surface area contributed by atoms with E-state index < -0.39 is 17.5 Å². The third-order valence-corrected chi connectivity index (χ3v) is 2.61. The third kappa shape index (κ3) is 3.44. The van der Waals surface area contributed by atoms with Gasteiger partial charge in [0.2, 0.25) is 11.5 Å². The summed E-state index contributed by atoms with van der Waals surface area (Å²) < 4.78 is 5.54. The molecule has 21 heavy (non-hydrogen) atoms. The lowest BCUT2D eigenvalue weighted by molar-refractivity contribution is -0.129. The van der Waals surface area contributed by atoms with Gasteiger partial charge in [-0.2, -0.15) is 0 Å². The van der Waals surface area contributed by atoms with Gasteiger partial charge in [-0.25, -0.2) is 4.79 Å². The van der Waals surface area contributed by atoms with E-state index in [0.29, 0.717) is 11.5 Å². The van der Waals surface area contributed by atoms with Gasteiger partial charge >= 0.3 is 5.97 Å². The summed E-state index contributed by atoms with van der Waals surface area (Å²) in [5, 5.41) is 19.7. The van der Waals surface area contributed by atoms with Gasteiger partial charge in [0, 0.05) is 5.56 Å². The van der Waals surface area contributed by atoms with Gasteiger partial charge in [-0.05, 0) is 36.4 Å². The van der Waals surface area contributed by atoms with E-state index in [1.807, 2.05) is 18.2 Å². The third-order valence-electron chi connectivity index (χ3n) is 2.61. The van der Waals surface area contributed by atoms with Crippen molar-refractivity contribution in [2.45, 2.75) is 0 Å². The average Bonchev–Trinajstić information content (AvgIpc) is 2.49. The Morgan fingerprint density at radius 1 is 0.905 bits per heavy atom. The highest BCUT2D eigenvalue weighted by Crippen LogP contribution is 2.21. The number of para-hydroxylation sites is 1. The molecule has 0 saturated heterocycles. The molecule has 2 rings (SSSR count). The Morgan fingerprint density at radius 3 is 2.00 bits per heavy atom. The molecule has 0 heterocycles. The summed E-state index contributed by atoms with van der Waals surface area (Å²) in [7, 11) is 0. The summed E-state index contributed by atoms with van der Waals surface area (Å²) in [5.74, 6) is -1.33. The second-order valence-electron chi connectivity index (χ2n) is 4.02. The molecule has 0 fully saturated rings. The first-order chi connectivity index (χ1) is 10.1. The van der Waals surface area contributed by atoms with E-state index in [9.17, 15) is 9.59 Å². The Hall–Kier alpha value is -3.15. The number of nitrogens with zero attached hydrogens (tertiary/aromatic N) is 1. The fraction of sp³-hybridized carbons (Fsp3) is 0. The number of benzene rings is 2. The summed E-state index contributed by atoms with van der Waals surface area (Å²) in [6.07, 6.45) is 0. The molecule has 2 aromatic carbocycles. The molecule has 0 aliphatic carbocycles. The highest BCUT2D eigenvalue weighted by atomic mass is 16.5. The van der Waals surface area contributed by atoms with Crippen molar-refractivity contribution in [1.82, 2.24) is 0 Å². The van der Waals surface area contributed by atoms with Crippen molar-refractivity contribution in [2.24, 2.45) is 5.16 Å². The fourth-order valence-electron chi connectivity index (χ4n) is 1.62. The quantitative estimate of drug-likeness (QED) is 0.289. The number of ketones is 1. The maximum atomic E-state index is 11.8. The highest BCUT2D eigenvalue weighted by molar-refractivity contribution is 6.67. The smallest absolute Gasteiger partial charge is 0.362 e. The van der Waals surface area contributed by atoms with Gasteiger partial charge < -0.3 is 15.1 Å². The van der Waals surface area contributed by atoms with Gasteiger partial charge in [0.1, 0.15) is 11.5 Å². The van der Waals surface area contributed by atoms with E-state index >= 15 is 0 Å². The van der Waals surface area contributed by atoms with Crippen LogP contribution in [0.25, 0.3) is 0 Å². The first-order valence-electron chi connectivity index (χ1n) is 5.95. The van der Waals surface area contributed by atoms with Gasteiger partial charge in [0.15, 0.2) is 0 Å². The van der Waals surface area contributed by atoms with Crippen molar-refractivity contribution < 1.29 is 24.6 Å². The highest BCUT2D eigenvalue weighted by Gasteiger charge is 2.21. The van der Waals surface area contributed by atoms with E-state index in [-0.39, 0.29) is 5.56 Å². The topological polar surface area (TPSA) is 96.2 Å². The SMILES string of the molecule is O=C(O)/C(=N\O)C(=O)c1ccc(Oc2ccccc2)cc1. The minimum Gasteiger partial charge on any atom is -0.476 e. The second-order valence-corrected chi connectivity index (χ2v) is 4.02. The predicted molar refractivity (Wildman–Crippen MR) is 74.1 cm³/mol. The number of oxime groups is 1. The van der Waals surface area contributed by atoms with Crippen molar-refractivity contribution in [1.29, 1.82) is 0 Å². The molecule has 2 N–H and O–H groups in total. The Morgan fingerprint density at radius 2 is 1.48 bits per heavy atom. The monoisotopic (exact) mass is 285 g/mol. The largest absolute Gasteiger partial charge is 0.476 e. The van der Waals surface area contributed by atoms with E-state index in [0.717, 1.165) is 0 Å². The van der Waals surface area contributed by atoms with Crippen molar-refractivity contribution in [2.75, 3.05) is 0 Å². The number of carbonyl (C=O) groups is 2. The van der Waals surface area contributed by atoms with Crippen molar-refractivity contribution in [3.63, 3.8) is 0 Å². The molecule has 0 unspecified atom stereocenters. The van der Waals surface area contributed by atoms with Crippen molar-refractivity contribution in [3.05, 3.63) is 60.2 Å². The number of ether oxygens (including phenoxy) is 1. The molecule has 0 saturated carbocycles. The van der Waals surface area contributed by atoms with Crippen LogP contribution in [0, 0.1) is 0 Å². The van der Waals surface area contributed by atoms with Gasteiger partial charge in [-0.15, -0.1) is 0 Å². The Balaban J connectivity index is 2.16. The van der Waals surface area contributed by atoms with Gasteiger partial charge in [0.05, 0.1) is 0 Å². The van der Waals surface area contributed by atoms with Crippen LogP contribution in [0.5, 0.6) is 11.5 Å². The van der Waals surface area contributed by atoms with Crippen LogP contribution in [-0.4, -0.2) is 27.8 Å². The number of carboxylic acids is 1. The molecule has 106 valence electrons. The van der Waals surface area contributed by atoms with Crippen LogP contribution < -0.4 is 4.74 Å². The molecule has 0 atom stereocenters. The minimum absolute atomic E-state index is 0.0885. The molecular weight excluding hydrogens is 274 g/mol. The first kappa shape index (κ1) is 14.3. The zero-order valence-electron chi connectivity index (χ0n) is 10.8. The Labute approximate surface area is 119 Å². The summed E-state index contributed by atoms with van der Waals surface area (Å²) in [6, 6.07) is 14.9. The van der Waals surface area contributed by atoms with Crippen LogP contribution in [0.1, 0.15) is 10.4 Å². The molecule has 0 spiro atoms. The van der Waals surface area contributed by atoms with E-state index in [2.05, 4.69) is 5.16 Å². The van der Waals surface area contributed by atoms with Crippen LogP contribution >= 0.6 is 0 Å². The Kier molecular flexibility index (Phi) is 4.30. The number of rotatable bonds is 5.